The van der Waals surface area contributed by atoms with Gasteiger partial charge in [0.25, 0.3) is 10.0 Å². The van der Waals surface area contributed by atoms with Gasteiger partial charge in [-0.05, 0) is 67.4 Å². The molecule has 0 spiro atoms. The summed E-state index contributed by atoms with van der Waals surface area (Å²) in [5.74, 6) is -1.17. The van der Waals surface area contributed by atoms with Crippen LogP contribution in [0.2, 0.25) is 5.02 Å². The standard InChI is InChI=1S/C34H35ClFN3O5S/c1-4-37-34(41)31(20-25-8-6-5-7-9-25)38(22-26-12-14-27(36)15-13-26)33(40)23-39(28-16-19-32(44-3)30(35)21-28)45(42,43)29-17-10-24(2)11-18-29/h5-19,21,31H,4,20,22-23H2,1-3H3,(H,37,41). The van der Waals surface area contributed by atoms with Crippen molar-refractivity contribution in [2.24, 2.45) is 0 Å². The molecule has 0 aliphatic carbocycles. The number of amides is 2. The Balaban J connectivity index is 1.81. The summed E-state index contributed by atoms with van der Waals surface area (Å²) in [6, 6.07) is 24.5. The molecule has 0 saturated carbocycles. The summed E-state index contributed by atoms with van der Waals surface area (Å²) in [7, 11) is -2.86. The normalized spacial score (nSPS) is 11.8. The second-order valence-corrected chi connectivity index (χ2v) is 12.7. The van der Waals surface area contributed by atoms with Crippen LogP contribution in [0.15, 0.2) is 102 Å². The second kappa shape index (κ2) is 15.0. The van der Waals surface area contributed by atoms with E-state index in [1.807, 2.05) is 37.3 Å². The van der Waals surface area contributed by atoms with Crippen LogP contribution < -0.4 is 14.4 Å². The first-order valence-electron chi connectivity index (χ1n) is 14.3. The van der Waals surface area contributed by atoms with Crippen molar-refractivity contribution in [2.45, 2.75) is 37.8 Å². The molecule has 0 heterocycles. The Hall–Kier alpha value is -4.41. The van der Waals surface area contributed by atoms with Gasteiger partial charge in [-0.15, -0.1) is 0 Å². The number of aryl methyl sites for hydroxylation is 1. The van der Waals surface area contributed by atoms with E-state index >= 15 is 0 Å². The monoisotopic (exact) mass is 651 g/mol. The van der Waals surface area contributed by atoms with E-state index in [2.05, 4.69) is 5.32 Å². The summed E-state index contributed by atoms with van der Waals surface area (Å²) in [6.07, 6.45) is 0.165. The van der Waals surface area contributed by atoms with Crippen LogP contribution >= 0.6 is 11.6 Å². The van der Waals surface area contributed by atoms with Crippen LogP contribution in [0, 0.1) is 12.7 Å². The minimum absolute atomic E-state index is 0.0255. The predicted molar refractivity (Wildman–Crippen MR) is 173 cm³/mol. The van der Waals surface area contributed by atoms with Crippen LogP contribution in [-0.4, -0.2) is 51.4 Å². The average Bonchev–Trinajstić information content (AvgIpc) is 3.03. The number of methoxy groups -OCH3 is 1. The van der Waals surface area contributed by atoms with Crippen LogP contribution in [0.25, 0.3) is 0 Å². The molecule has 0 radical (unpaired) electrons. The van der Waals surface area contributed by atoms with Crippen molar-refractivity contribution in [2.75, 3.05) is 24.5 Å². The number of anilines is 1. The van der Waals surface area contributed by atoms with Crippen molar-refractivity contribution in [1.82, 2.24) is 10.2 Å². The lowest BCUT2D eigenvalue weighted by atomic mass is 10.0. The van der Waals surface area contributed by atoms with Crippen LogP contribution in [0.4, 0.5) is 10.1 Å². The molecule has 4 aromatic rings. The Labute approximate surface area is 268 Å². The molecule has 2 amide bonds. The van der Waals surface area contributed by atoms with Gasteiger partial charge in [-0.2, -0.15) is 0 Å². The van der Waals surface area contributed by atoms with Gasteiger partial charge in [-0.25, -0.2) is 12.8 Å². The minimum Gasteiger partial charge on any atom is -0.495 e. The predicted octanol–water partition coefficient (Wildman–Crippen LogP) is 5.77. The smallest absolute Gasteiger partial charge is 0.264 e. The van der Waals surface area contributed by atoms with Gasteiger partial charge >= 0.3 is 0 Å². The van der Waals surface area contributed by atoms with Crippen molar-refractivity contribution >= 4 is 39.1 Å². The van der Waals surface area contributed by atoms with Gasteiger partial charge in [-0.3, -0.25) is 13.9 Å². The quantitative estimate of drug-likeness (QED) is 0.198. The molecule has 0 saturated heterocycles. The van der Waals surface area contributed by atoms with Crippen molar-refractivity contribution < 1.29 is 27.1 Å². The lowest BCUT2D eigenvalue weighted by molar-refractivity contribution is -0.140. The SMILES string of the molecule is CCNC(=O)C(Cc1ccccc1)N(Cc1ccc(F)cc1)C(=O)CN(c1ccc(OC)c(Cl)c1)S(=O)(=O)c1ccc(C)cc1. The van der Waals surface area contributed by atoms with Gasteiger partial charge in [0.1, 0.15) is 24.2 Å². The Morgan fingerprint density at radius 3 is 2.20 bits per heavy atom. The Bertz CT molecular complexity index is 1720. The van der Waals surface area contributed by atoms with Crippen LogP contribution in [0.1, 0.15) is 23.6 Å². The van der Waals surface area contributed by atoms with Gasteiger partial charge in [0.2, 0.25) is 11.8 Å². The first kappa shape index (κ1) is 33.5. The Morgan fingerprint density at radius 2 is 1.60 bits per heavy atom. The Morgan fingerprint density at radius 1 is 0.933 bits per heavy atom. The van der Waals surface area contributed by atoms with Crippen LogP contribution in [-0.2, 0) is 32.6 Å². The number of rotatable bonds is 13. The lowest BCUT2D eigenvalue weighted by Gasteiger charge is -2.34. The molecule has 1 unspecified atom stereocenters. The van der Waals surface area contributed by atoms with Gasteiger partial charge in [-0.1, -0.05) is 71.8 Å². The molecular formula is C34H35ClFN3O5S. The molecule has 8 nitrogen and oxygen atoms in total. The molecule has 11 heteroatoms. The van der Waals surface area contributed by atoms with Crippen LogP contribution in [0.5, 0.6) is 5.75 Å². The fourth-order valence-corrected chi connectivity index (χ4v) is 6.47. The minimum atomic E-state index is -4.29. The number of benzene rings is 4. The molecule has 1 atom stereocenters. The summed E-state index contributed by atoms with van der Waals surface area (Å²) in [6.45, 7) is 3.21. The van der Waals surface area contributed by atoms with Crippen LogP contribution in [0.3, 0.4) is 0 Å². The molecule has 0 aromatic heterocycles. The van der Waals surface area contributed by atoms with Gasteiger partial charge in [0.05, 0.1) is 22.7 Å². The third-order valence-electron chi connectivity index (χ3n) is 7.20. The van der Waals surface area contributed by atoms with Gasteiger partial charge in [0, 0.05) is 19.5 Å². The molecule has 0 bridgehead atoms. The number of nitrogens with one attached hydrogen (secondary N) is 1. The number of halogens is 2. The number of hydrogen-bond acceptors (Lipinski definition) is 5. The van der Waals surface area contributed by atoms with E-state index in [9.17, 15) is 22.4 Å². The zero-order chi connectivity index (χ0) is 32.6. The number of carbonyl (C=O) groups is 2. The molecule has 0 fully saturated rings. The van der Waals surface area contributed by atoms with E-state index in [0.29, 0.717) is 17.9 Å². The molecule has 4 aromatic carbocycles. The molecule has 4 rings (SSSR count). The van der Waals surface area contributed by atoms with Crippen molar-refractivity contribution in [3.8, 4) is 5.75 Å². The summed E-state index contributed by atoms with van der Waals surface area (Å²) in [4.78, 5) is 29.2. The van der Waals surface area contributed by atoms with Crippen molar-refractivity contribution in [3.05, 3.63) is 125 Å². The number of ether oxygens (including phenoxy) is 1. The summed E-state index contributed by atoms with van der Waals surface area (Å²) >= 11 is 6.40. The topological polar surface area (TPSA) is 96.0 Å². The zero-order valence-electron chi connectivity index (χ0n) is 25.2. The highest BCUT2D eigenvalue weighted by Gasteiger charge is 2.34. The maximum atomic E-state index is 14.4. The van der Waals surface area contributed by atoms with E-state index in [1.165, 1.54) is 66.6 Å². The first-order chi connectivity index (χ1) is 21.5. The third kappa shape index (κ3) is 8.40. The fourth-order valence-electron chi connectivity index (χ4n) is 4.81. The molecule has 1 N–H and O–H groups in total. The molecule has 45 heavy (non-hydrogen) atoms. The molecular weight excluding hydrogens is 617 g/mol. The van der Waals surface area contributed by atoms with E-state index < -0.39 is 40.2 Å². The second-order valence-electron chi connectivity index (χ2n) is 10.4. The number of hydrogen-bond donors (Lipinski definition) is 1. The Kier molecular flexibility index (Phi) is 11.2. The highest BCUT2D eigenvalue weighted by Crippen LogP contribution is 2.32. The lowest BCUT2D eigenvalue weighted by Crippen LogP contribution is -2.53. The van der Waals surface area contributed by atoms with E-state index in [4.69, 9.17) is 16.3 Å². The van der Waals surface area contributed by atoms with E-state index in [0.717, 1.165) is 15.4 Å². The highest BCUT2D eigenvalue weighted by atomic mass is 35.5. The molecule has 236 valence electrons. The van der Waals surface area contributed by atoms with E-state index in [1.54, 1.807) is 19.1 Å². The number of likely N-dealkylation sites (N-methyl/N-ethyl adjacent to an activating group) is 1. The maximum absolute atomic E-state index is 14.4. The number of sulfonamides is 1. The van der Waals surface area contributed by atoms with E-state index in [-0.39, 0.29) is 28.6 Å². The molecule has 0 aliphatic heterocycles. The number of carbonyl (C=O) groups excluding carboxylic acids is 2. The summed E-state index contributed by atoms with van der Waals surface area (Å²) in [5, 5.41) is 2.96. The third-order valence-corrected chi connectivity index (χ3v) is 9.28. The largest absolute Gasteiger partial charge is 0.495 e. The first-order valence-corrected chi connectivity index (χ1v) is 16.1. The molecule has 0 aliphatic rings. The van der Waals surface area contributed by atoms with Gasteiger partial charge < -0.3 is 15.0 Å². The fraction of sp³-hybridized carbons (Fsp3) is 0.235. The summed E-state index contributed by atoms with van der Waals surface area (Å²) < 4.78 is 48.2. The summed E-state index contributed by atoms with van der Waals surface area (Å²) in [5.41, 5.74) is 2.36. The van der Waals surface area contributed by atoms with Crippen molar-refractivity contribution in [1.29, 1.82) is 0 Å². The van der Waals surface area contributed by atoms with Crippen molar-refractivity contribution in [3.63, 3.8) is 0 Å². The highest BCUT2D eigenvalue weighted by molar-refractivity contribution is 7.92. The maximum Gasteiger partial charge on any atom is 0.264 e. The average molecular weight is 652 g/mol. The zero-order valence-corrected chi connectivity index (χ0v) is 26.8. The van der Waals surface area contributed by atoms with Gasteiger partial charge in [0.15, 0.2) is 0 Å². The number of nitrogens with zero attached hydrogens (tertiary/aromatic N) is 2.